The number of carbonyl (C=O) groups excluding carboxylic acids is 1. The molecule has 0 fully saturated rings. The molecule has 29 heavy (non-hydrogen) atoms. The zero-order chi connectivity index (χ0) is 21.4. The molecule has 0 aliphatic heterocycles. The summed E-state index contributed by atoms with van der Waals surface area (Å²) in [4.78, 5) is 12.3. The summed E-state index contributed by atoms with van der Waals surface area (Å²) in [6.07, 6.45) is 2.35. The fourth-order valence-electron chi connectivity index (χ4n) is 2.42. The van der Waals surface area contributed by atoms with Gasteiger partial charge in [0.25, 0.3) is 5.91 Å². The summed E-state index contributed by atoms with van der Waals surface area (Å²) in [7, 11) is 1.56. The SMILES string of the molecule is CC[C@H](C)NC(=O)/C(C#N)=C/c1cc(I)c(OCc2ccc(Br)cc2)c(OC)c1. The molecule has 0 unspecified atom stereocenters. The van der Waals surface area contributed by atoms with Gasteiger partial charge in [0.2, 0.25) is 0 Å². The summed E-state index contributed by atoms with van der Waals surface area (Å²) in [5.74, 6) is 0.780. The molecule has 152 valence electrons. The molecule has 2 aromatic carbocycles. The Morgan fingerprint density at radius 1 is 1.34 bits per heavy atom. The molecule has 0 saturated heterocycles. The van der Waals surface area contributed by atoms with Crippen molar-refractivity contribution < 1.29 is 14.3 Å². The predicted molar refractivity (Wildman–Crippen MR) is 126 cm³/mol. The van der Waals surface area contributed by atoms with Crippen molar-refractivity contribution >= 4 is 50.5 Å². The Morgan fingerprint density at radius 3 is 2.62 bits per heavy atom. The van der Waals surface area contributed by atoms with Crippen molar-refractivity contribution in [1.82, 2.24) is 5.32 Å². The molecular formula is C22H22BrIN2O3. The molecule has 0 heterocycles. The number of ether oxygens (including phenoxy) is 2. The van der Waals surface area contributed by atoms with E-state index in [4.69, 9.17) is 9.47 Å². The van der Waals surface area contributed by atoms with E-state index < -0.39 is 0 Å². The number of nitriles is 1. The summed E-state index contributed by atoms with van der Waals surface area (Å²) < 4.78 is 13.3. The van der Waals surface area contributed by atoms with Gasteiger partial charge in [-0.15, -0.1) is 0 Å². The molecule has 0 aliphatic rings. The molecule has 0 radical (unpaired) electrons. The van der Waals surface area contributed by atoms with Crippen molar-refractivity contribution in [1.29, 1.82) is 5.26 Å². The van der Waals surface area contributed by atoms with Crippen LogP contribution in [-0.2, 0) is 11.4 Å². The van der Waals surface area contributed by atoms with Gasteiger partial charge in [0.05, 0.1) is 10.7 Å². The van der Waals surface area contributed by atoms with Gasteiger partial charge < -0.3 is 14.8 Å². The summed E-state index contributed by atoms with van der Waals surface area (Å²) in [6.45, 7) is 4.27. The minimum atomic E-state index is -0.383. The molecular weight excluding hydrogens is 547 g/mol. The molecule has 0 spiro atoms. The summed E-state index contributed by atoms with van der Waals surface area (Å²) in [5, 5.41) is 12.2. The van der Waals surface area contributed by atoms with Gasteiger partial charge in [-0.05, 0) is 77.4 Å². The number of hydrogen-bond donors (Lipinski definition) is 1. The first-order chi connectivity index (χ1) is 13.9. The number of carbonyl (C=O) groups is 1. The molecule has 2 rings (SSSR count). The predicted octanol–water partition coefficient (Wildman–Crippen LogP) is 5.46. The van der Waals surface area contributed by atoms with Crippen LogP contribution in [0.5, 0.6) is 11.5 Å². The number of hydrogen-bond acceptors (Lipinski definition) is 4. The normalized spacial score (nSPS) is 12.1. The number of amides is 1. The van der Waals surface area contributed by atoms with Crippen LogP contribution in [0.1, 0.15) is 31.4 Å². The molecule has 0 aromatic heterocycles. The van der Waals surface area contributed by atoms with Crippen molar-refractivity contribution in [3.63, 3.8) is 0 Å². The van der Waals surface area contributed by atoms with Gasteiger partial charge in [-0.2, -0.15) is 5.26 Å². The molecule has 1 amide bonds. The number of nitrogens with one attached hydrogen (secondary N) is 1. The van der Waals surface area contributed by atoms with E-state index in [9.17, 15) is 10.1 Å². The van der Waals surface area contributed by atoms with Crippen molar-refractivity contribution in [3.05, 3.63) is 61.1 Å². The smallest absolute Gasteiger partial charge is 0.262 e. The maximum absolute atomic E-state index is 12.3. The van der Waals surface area contributed by atoms with E-state index in [-0.39, 0.29) is 17.5 Å². The Hall–Kier alpha value is -2.05. The molecule has 0 aliphatic carbocycles. The Bertz CT molecular complexity index is 936. The molecule has 0 bridgehead atoms. The first-order valence-electron chi connectivity index (χ1n) is 9.05. The monoisotopic (exact) mass is 568 g/mol. The average Bonchev–Trinajstić information content (AvgIpc) is 2.71. The van der Waals surface area contributed by atoms with Crippen LogP contribution in [0.25, 0.3) is 6.08 Å². The van der Waals surface area contributed by atoms with Crippen LogP contribution in [0.4, 0.5) is 0 Å². The van der Waals surface area contributed by atoms with E-state index >= 15 is 0 Å². The Labute approximate surface area is 193 Å². The van der Waals surface area contributed by atoms with Gasteiger partial charge in [-0.3, -0.25) is 4.79 Å². The molecule has 7 heteroatoms. The highest BCUT2D eigenvalue weighted by Gasteiger charge is 2.15. The number of rotatable bonds is 8. The van der Waals surface area contributed by atoms with Crippen LogP contribution in [0.15, 0.2) is 46.4 Å². The third-order valence-electron chi connectivity index (χ3n) is 4.21. The average molecular weight is 569 g/mol. The van der Waals surface area contributed by atoms with E-state index in [2.05, 4.69) is 43.8 Å². The summed E-state index contributed by atoms with van der Waals surface area (Å²) in [6, 6.07) is 13.5. The minimum absolute atomic E-state index is 0.00306. The second-order valence-electron chi connectivity index (χ2n) is 6.40. The second kappa shape index (κ2) is 11.2. The van der Waals surface area contributed by atoms with Crippen LogP contribution in [0.2, 0.25) is 0 Å². The standard InChI is InChI=1S/C22H22BrIN2O3/c1-4-14(2)26-22(27)17(12-25)9-16-10-19(24)21(20(11-16)28-3)29-13-15-5-7-18(23)8-6-15/h5-11,14H,4,13H2,1-3H3,(H,26,27)/b17-9+/t14-/m0/s1. The van der Waals surface area contributed by atoms with Gasteiger partial charge in [0.15, 0.2) is 11.5 Å². The van der Waals surface area contributed by atoms with Crippen molar-refractivity contribution in [3.8, 4) is 17.6 Å². The van der Waals surface area contributed by atoms with Crippen LogP contribution < -0.4 is 14.8 Å². The van der Waals surface area contributed by atoms with Crippen molar-refractivity contribution in [2.45, 2.75) is 32.9 Å². The Morgan fingerprint density at radius 2 is 2.03 bits per heavy atom. The molecule has 1 atom stereocenters. The first-order valence-corrected chi connectivity index (χ1v) is 10.9. The summed E-state index contributed by atoms with van der Waals surface area (Å²) in [5.41, 5.74) is 1.77. The quantitative estimate of drug-likeness (QED) is 0.261. The third-order valence-corrected chi connectivity index (χ3v) is 5.54. The highest BCUT2D eigenvalue weighted by molar-refractivity contribution is 14.1. The van der Waals surface area contributed by atoms with Crippen LogP contribution >= 0.6 is 38.5 Å². The van der Waals surface area contributed by atoms with E-state index in [0.29, 0.717) is 23.7 Å². The zero-order valence-corrected chi connectivity index (χ0v) is 20.2. The van der Waals surface area contributed by atoms with E-state index in [1.165, 1.54) is 0 Å². The lowest BCUT2D eigenvalue weighted by molar-refractivity contribution is -0.117. The Balaban J connectivity index is 2.25. The van der Waals surface area contributed by atoms with Crippen LogP contribution in [-0.4, -0.2) is 19.1 Å². The highest BCUT2D eigenvalue weighted by Crippen LogP contribution is 2.35. The second-order valence-corrected chi connectivity index (χ2v) is 8.48. The molecule has 0 saturated carbocycles. The van der Waals surface area contributed by atoms with Crippen molar-refractivity contribution in [2.75, 3.05) is 7.11 Å². The minimum Gasteiger partial charge on any atom is -0.493 e. The van der Waals surface area contributed by atoms with Crippen LogP contribution in [0.3, 0.4) is 0 Å². The lowest BCUT2D eigenvalue weighted by Crippen LogP contribution is -2.32. The zero-order valence-electron chi connectivity index (χ0n) is 16.5. The topological polar surface area (TPSA) is 71.4 Å². The molecule has 1 N–H and O–H groups in total. The van der Waals surface area contributed by atoms with E-state index in [1.807, 2.05) is 50.2 Å². The van der Waals surface area contributed by atoms with Crippen molar-refractivity contribution in [2.24, 2.45) is 0 Å². The van der Waals surface area contributed by atoms with Gasteiger partial charge in [0, 0.05) is 10.5 Å². The molecule has 2 aromatic rings. The third kappa shape index (κ3) is 6.75. The Kier molecular flexibility index (Phi) is 8.99. The fraction of sp³-hybridized carbons (Fsp3) is 0.273. The van der Waals surface area contributed by atoms with E-state index in [1.54, 1.807) is 19.3 Å². The first kappa shape index (κ1) is 23.2. The number of methoxy groups -OCH3 is 1. The van der Waals surface area contributed by atoms with Gasteiger partial charge in [0.1, 0.15) is 18.2 Å². The maximum Gasteiger partial charge on any atom is 0.262 e. The number of nitrogens with zero attached hydrogens (tertiary/aromatic N) is 1. The fourth-order valence-corrected chi connectivity index (χ4v) is 3.46. The maximum atomic E-state index is 12.3. The number of halogens is 2. The van der Waals surface area contributed by atoms with Gasteiger partial charge in [-0.1, -0.05) is 35.0 Å². The van der Waals surface area contributed by atoms with Gasteiger partial charge in [-0.25, -0.2) is 0 Å². The number of benzene rings is 2. The lowest BCUT2D eigenvalue weighted by atomic mass is 10.1. The lowest BCUT2D eigenvalue weighted by Gasteiger charge is -2.14. The molecule has 5 nitrogen and oxygen atoms in total. The van der Waals surface area contributed by atoms with E-state index in [0.717, 1.165) is 20.0 Å². The van der Waals surface area contributed by atoms with Gasteiger partial charge >= 0.3 is 0 Å². The largest absolute Gasteiger partial charge is 0.493 e. The van der Waals surface area contributed by atoms with Crippen LogP contribution in [0, 0.1) is 14.9 Å². The highest BCUT2D eigenvalue weighted by atomic mass is 127. The summed E-state index contributed by atoms with van der Waals surface area (Å²) >= 11 is 5.58.